The van der Waals surface area contributed by atoms with E-state index in [0.29, 0.717) is 0 Å². The molecular weight excluding hydrogens is 180 g/mol. The average molecular weight is 202 g/mol. The van der Waals surface area contributed by atoms with Gasteiger partial charge in [-0.15, -0.1) is 0 Å². The van der Waals surface area contributed by atoms with Crippen LogP contribution in [0.5, 0.6) is 0 Å². The zero-order valence-electron chi connectivity index (χ0n) is 10.2. The summed E-state index contributed by atoms with van der Waals surface area (Å²) < 4.78 is 0. The van der Waals surface area contributed by atoms with Crippen LogP contribution in [0.3, 0.4) is 0 Å². The zero-order valence-corrected chi connectivity index (χ0v) is 10.2. The van der Waals surface area contributed by atoms with Gasteiger partial charge in [0.05, 0.1) is 0 Å². The van der Waals surface area contributed by atoms with Crippen molar-refractivity contribution in [2.24, 2.45) is 5.92 Å². The maximum Gasteiger partial charge on any atom is -0.0162 e. The third kappa shape index (κ3) is 2.09. The van der Waals surface area contributed by atoms with Crippen molar-refractivity contribution in [3.63, 3.8) is 0 Å². The molecule has 0 bridgehead atoms. The fourth-order valence-electron chi connectivity index (χ4n) is 2.83. The minimum absolute atomic E-state index is 0.726. The van der Waals surface area contributed by atoms with E-state index in [1.807, 2.05) is 0 Å². The van der Waals surface area contributed by atoms with Crippen LogP contribution in [-0.4, -0.2) is 0 Å². The van der Waals surface area contributed by atoms with E-state index in [1.165, 1.54) is 19.3 Å². The van der Waals surface area contributed by atoms with Gasteiger partial charge in [-0.2, -0.15) is 0 Å². The van der Waals surface area contributed by atoms with Crippen LogP contribution < -0.4 is 0 Å². The molecule has 0 heterocycles. The molecule has 1 aliphatic rings. The first kappa shape index (κ1) is 10.7. The molecule has 0 radical (unpaired) electrons. The lowest BCUT2D eigenvalue weighted by Crippen LogP contribution is -2.13. The highest BCUT2D eigenvalue weighted by Crippen LogP contribution is 2.37. The summed E-state index contributed by atoms with van der Waals surface area (Å²) in [5, 5.41) is 0. The van der Waals surface area contributed by atoms with Crippen molar-refractivity contribution in [3.05, 3.63) is 35.4 Å². The summed E-state index contributed by atoms with van der Waals surface area (Å²) in [7, 11) is 0. The normalized spacial score (nSPS) is 31.5. The van der Waals surface area contributed by atoms with Crippen molar-refractivity contribution < 1.29 is 0 Å². The fourth-order valence-corrected chi connectivity index (χ4v) is 2.83. The van der Waals surface area contributed by atoms with Crippen molar-refractivity contribution in [1.29, 1.82) is 0 Å². The van der Waals surface area contributed by atoms with E-state index in [-0.39, 0.29) is 0 Å². The van der Waals surface area contributed by atoms with E-state index < -0.39 is 0 Å². The maximum absolute atomic E-state index is 2.40. The summed E-state index contributed by atoms with van der Waals surface area (Å²) in [6, 6.07) is 9.04. The molecule has 0 aliphatic heterocycles. The Hall–Kier alpha value is -0.780. The minimum atomic E-state index is 0.726. The predicted octanol–water partition coefficient (Wildman–Crippen LogP) is 4.71. The third-order valence-electron chi connectivity index (χ3n) is 4.17. The third-order valence-corrected chi connectivity index (χ3v) is 4.17. The van der Waals surface area contributed by atoms with Crippen molar-refractivity contribution >= 4 is 0 Å². The fraction of sp³-hybridized carbons (Fsp3) is 0.600. The summed E-state index contributed by atoms with van der Waals surface area (Å²) >= 11 is 0. The number of fused-ring (bicyclic) bond motifs is 1. The van der Waals surface area contributed by atoms with E-state index in [0.717, 1.165) is 17.8 Å². The van der Waals surface area contributed by atoms with E-state index in [9.17, 15) is 0 Å². The summed E-state index contributed by atoms with van der Waals surface area (Å²) in [6.07, 6.45) is 4.13. The molecule has 1 aliphatic carbocycles. The Kier molecular flexibility index (Phi) is 3.14. The quantitative estimate of drug-likeness (QED) is 0.571. The Morgan fingerprint density at radius 2 is 1.60 bits per heavy atom. The SMILES string of the molecule is CC1CCCC(C)C(C)c2ccccc21. The smallest absolute Gasteiger partial charge is 0.0162 e. The molecule has 0 nitrogen and oxygen atoms in total. The Labute approximate surface area is 93.7 Å². The standard InChI is InChI=1S/C15H22/c1-11-7-6-8-12(2)14-9-4-5-10-15(14)13(11)3/h4-5,9-13H,6-8H2,1-3H3. The highest BCUT2D eigenvalue weighted by molar-refractivity contribution is 5.33. The highest BCUT2D eigenvalue weighted by atomic mass is 14.3. The summed E-state index contributed by atoms with van der Waals surface area (Å²) in [5.41, 5.74) is 3.19. The second-order valence-electron chi connectivity index (χ2n) is 5.23. The molecule has 0 N–H and O–H groups in total. The van der Waals surface area contributed by atoms with Gasteiger partial charge in [-0.25, -0.2) is 0 Å². The summed E-state index contributed by atoms with van der Waals surface area (Å²) in [6.45, 7) is 7.17. The van der Waals surface area contributed by atoms with Crippen molar-refractivity contribution in [2.45, 2.75) is 51.9 Å². The average Bonchev–Trinajstić information content (AvgIpc) is 2.26. The molecule has 0 fully saturated rings. The van der Waals surface area contributed by atoms with Gasteiger partial charge >= 0.3 is 0 Å². The number of rotatable bonds is 0. The van der Waals surface area contributed by atoms with Crippen LogP contribution in [0.25, 0.3) is 0 Å². The summed E-state index contributed by atoms with van der Waals surface area (Å²) in [5.74, 6) is 2.30. The van der Waals surface area contributed by atoms with Crippen LogP contribution in [-0.2, 0) is 0 Å². The first-order chi connectivity index (χ1) is 7.20. The number of hydrogen-bond donors (Lipinski definition) is 0. The van der Waals surface area contributed by atoms with Gasteiger partial charge in [-0.05, 0) is 35.3 Å². The largest absolute Gasteiger partial charge is 0.0620 e. The molecule has 0 heteroatoms. The van der Waals surface area contributed by atoms with Crippen LogP contribution in [0.2, 0.25) is 0 Å². The lowest BCUT2D eigenvalue weighted by atomic mass is 9.77. The molecule has 1 aromatic carbocycles. The Bertz CT molecular complexity index is 327. The molecular formula is C15H22. The van der Waals surface area contributed by atoms with E-state index in [1.54, 1.807) is 11.1 Å². The highest BCUT2D eigenvalue weighted by Gasteiger charge is 2.22. The van der Waals surface area contributed by atoms with E-state index in [2.05, 4.69) is 45.0 Å². The maximum atomic E-state index is 2.40. The predicted molar refractivity (Wildman–Crippen MR) is 66.3 cm³/mol. The molecule has 3 unspecified atom stereocenters. The van der Waals surface area contributed by atoms with Crippen LogP contribution >= 0.6 is 0 Å². The Morgan fingerprint density at radius 1 is 0.933 bits per heavy atom. The van der Waals surface area contributed by atoms with Crippen molar-refractivity contribution in [3.8, 4) is 0 Å². The van der Waals surface area contributed by atoms with Crippen LogP contribution in [0, 0.1) is 5.92 Å². The van der Waals surface area contributed by atoms with E-state index >= 15 is 0 Å². The van der Waals surface area contributed by atoms with Gasteiger partial charge in [0, 0.05) is 0 Å². The van der Waals surface area contributed by atoms with E-state index in [4.69, 9.17) is 0 Å². The number of benzene rings is 1. The van der Waals surface area contributed by atoms with Crippen molar-refractivity contribution in [2.75, 3.05) is 0 Å². The number of hydrogen-bond acceptors (Lipinski definition) is 0. The lowest BCUT2D eigenvalue weighted by Gasteiger charge is -2.28. The topological polar surface area (TPSA) is 0 Å². The second kappa shape index (κ2) is 4.38. The molecule has 3 atom stereocenters. The monoisotopic (exact) mass is 202 g/mol. The van der Waals surface area contributed by atoms with Gasteiger partial charge in [0.25, 0.3) is 0 Å². The second-order valence-corrected chi connectivity index (χ2v) is 5.23. The molecule has 1 aromatic rings. The van der Waals surface area contributed by atoms with Gasteiger partial charge in [0.15, 0.2) is 0 Å². The first-order valence-electron chi connectivity index (χ1n) is 6.29. The molecule has 0 saturated heterocycles. The van der Waals surface area contributed by atoms with Gasteiger partial charge < -0.3 is 0 Å². The zero-order chi connectivity index (χ0) is 10.8. The van der Waals surface area contributed by atoms with Gasteiger partial charge in [-0.3, -0.25) is 0 Å². The molecule has 0 aromatic heterocycles. The van der Waals surface area contributed by atoms with Gasteiger partial charge in [-0.1, -0.05) is 57.9 Å². The van der Waals surface area contributed by atoms with Gasteiger partial charge in [0.1, 0.15) is 0 Å². The first-order valence-corrected chi connectivity index (χ1v) is 6.29. The minimum Gasteiger partial charge on any atom is -0.0620 e. The van der Waals surface area contributed by atoms with Crippen molar-refractivity contribution in [1.82, 2.24) is 0 Å². The molecule has 0 spiro atoms. The van der Waals surface area contributed by atoms with Crippen LogP contribution in [0.15, 0.2) is 24.3 Å². The van der Waals surface area contributed by atoms with Gasteiger partial charge in [0.2, 0.25) is 0 Å². The summed E-state index contributed by atoms with van der Waals surface area (Å²) in [4.78, 5) is 0. The molecule has 0 amide bonds. The van der Waals surface area contributed by atoms with Crippen LogP contribution in [0.1, 0.15) is 63.0 Å². The Balaban J connectivity index is 2.42. The molecule has 82 valence electrons. The lowest BCUT2D eigenvalue weighted by molar-refractivity contribution is 0.404. The molecule has 2 rings (SSSR count). The molecule has 0 saturated carbocycles. The van der Waals surface area contributed by atoms with Crippen LogP contribution in [0.4, 0.5) is 0 Å². The molecule has 15 heavy (non-hydrogen) atoms. The Morgan fingerprint density at radius 3 is 2.33 bits per heavy atom.